The molecule has 1 fully saturated rings. The third kappa shape index (κ3) is 5.99. The van der Waals surface area contributed by atoms with Crippen LogP contribution in [0, 0.1) is 0 Å². The van der Waals surface area contributed by atoms with E-state index in [1.807, 2.05) is 24.3 Å². The van der Waals surface area contributed by atoms with Gasteiger partial charge in [0.2, 0.25) is 0 Å². The fourth-order valence-corrected chi connectivity index (χ4v) is 3.72. The summed E-state index contributed by atoms with van der Waals surface area (Å²) in [5.41, 5.74) is 8.22. The molecule has 0 saturated carbocycles. The third-order valence-electron chi connectivity index (χ3n) is 4.57. The fraction of sp³-hybridized carbons (Fsp3) is 0.316. The minimum absolute atomic E-state index is 0. The highest BCUT2D eigenvalue weighted by Crippen LogP contribution is 2.19. The van der Waals surface area contributed by atoms with Gasteiger partial charge in [-0.05, 0) is 42.0 Å². The fourth-order valence-electron chi connectivity index (χ4n) is 2.96. The highest BCUT2D eigenvalue weighted by molar-refractivity contribution is 14.0. The number of nitrogens with two attached hydrogens (primary N) is 1. The summed E-state index contributed by atoms with van der Waals surface area (Å²) < 4.78 is 23.0. The maximum Gasteiger partial charge on any atom is 0.191 e. The van der Waals surface area contributed by atoms with Crippen molar-refractivity contribution in [3.05, 3.63) is 59.1 Å². The Bertz CT molecular complexity index is 910. The number of anilines is 1. The lowest BCUT2D eigenvalue weighted by atomic mass is 10.2. The van der Waals surface area contributed by atoms with Crippen molar-refractivity contribution in [2.45, 2.75) is 11.4 Å². The number of rotatable bonds is 4. The molecule has 28 heavy (non-hydrogen) atoms. The van der Waals surface area contributed by atoms with Gasteiger partial charge in [0.1, 0.15) is 0 Å². The molecule has 9 heteroatoms. The Hall–Kier alpha value is -1.52. The Kier molecular flexibility index (Phi) is 7.97. The summed E-state index contributed by atoms with van der Waals surface area (Å²) in [5, 5.41) is 0.735. The van der Waals surface area contributed by atoms with Gasteiger partial charge in [0.05, 0.1) is 11.4 Å². The Morgan fingerprint density at radius 3 is 2.14 bits per heavy atom. The molecule has 0 bridgehead atoms. The van der Waals surface area contributed by atoms with Crippen LogP contribution in [0.4, 0.5) is 5.69 Å². The number of piperazine rings is 1. The molecule has 0 spiro atoms. The summed E-state index contributed by atoms with van der Waals surface area (Å²) in [5.74, 6) is 0.512. The molecule has 2 aromatic carbocycles. The standard InChI is InChI=1S/C19H23ClN4O2S.HI/c1-27(25,26)18-8-2-15(3-9-18)14-22-19(21)24-12-10-23(11-13-24)17-6-4-16(20)5-7-17;/h2-9H,10-14H2,1H3,(H2,21,22);1H. The SMILES string of the molecule is CS(=O)(=O)c1ccc(CN=C(N)N2CCN(c3ccc(Cl)cc3)CC2)cc1.I. The number of hydrogen-bond acceptors (Lipinski definition) is 4. The quantitative estimate of drug-likeness (QED) is 0.371. The predicted molar refractivity (Wildman–Crippen MR) is 126 cm³/mol. The number of halogens is 2. The second-order valence-electron chi connectivity index (χ2n) is 6.54. The average Bonchev–Trinajstić information content (AvgIpc) is 2.66. The summed E-state index contributed by atoms with van der Waals surface area (Å²) in [6, 6.07) is 14.6. The summed E-state index contributed by atoms with van der Waals surface area (Å²) in [4.78, 5) is 9.12. The van der Waals surface area contributed by atoms with Crippen LogP contribution in [0.3, 0.4) is 0 Å². The van der Waals surface area contributed by atoms with E-state index in [-0.39, 0.29) is 24.0 Å². The lowest BCUT2D eigenvalue weighted by Crippen LogP contribution is -2.51. The van der Waals surface area contributed by atoms with Gasteiger partial charge >= 0.3 is 0 Å². The van der Waals surface area contributed by atoms with E-state index in [1.165, 1.54) is 6.26 Å². The number of guanidine groups is 1. The van der Waals surface area contributed by atoms with Crippen LogP contribution in [0.5, 0.6) is 0 Å². The first-order valence-electron chi connectivity index (χ1n) is 8.67. The molecule has 2 aromatic rings. The van der Waals surface area contributed by atoms with E-state index in [9.17, 15) is 8.42 Å². The van der Waals surface area contributed by atoms with Gasteiger partial charge in [0.15, 0.2) is 15.8 Å². The van der Waals surface area contributed by atoms with Crippen LogP contribution in [0.2, 0.25) is 5.02 Å². The molecule has 6 nitrogen and oxygen atoms in total. The molecule has 2 N–H and O–H groups in total. The summed E-state index contributed by atoms with van der Waals surface area (Å²) >= 11 is 5.94. The molecule has 0 aromatic heterocycles. The van der Waals surface area contributed by atoms with Crippen molar-refractivity contribution in [1.82, 2.24) is 4.90 Å². The molecule has 1 saturated heterocycles. The normalized spacial score (nSPS) is 15.3. The Morgan fingerprint density at radius 2 is 1.61 bits per heavy atom. The molecule has 3 rings (SSSR count). The highest BCUT2D eigenvalue weighted by Gasteiger charge is 2.18. The smallest absolute Gasteiger partial charge is 0.191 e. The summed E-state index contributed by atoms with van der Waals surface area (Å²) in [7, 11) is -3.18. The van der Waals surface area contributed by atoms with Crippen LogP contribution in [0.15, 0.2) is 58.4 Å². The zero-order chi connectivity index (χ0) is 19.4. The molecule has 0 radical (unpaired) electrons. The lowest BCUT2D eigenvalue weighted by molar-refractivity contribution is 0.380. The first-order valence-corrected chi connectivity index (χ1v) is 10.9. The molecule has 0 atom stereocenters. The van der Waals surface area contributed by atoms with Gasteiger partial charge in [-0.3, -0.25) is 0 Å². The maximum atomic E-state index is 11.5. The number of benzene rings is 2. The lowest BCUT2D eigenvalue weighted by Gasteiger charge is -2.36. The van der Waals surface area contributed by atoms with Crippen molar-refractivity contribution in [2.24, 2.45) is 10.7 Å². The molecule has 1 aliphatic rings. The Balaban J connectivity index is 0.00000280. The summed E-state index contributed by atoms with van der Waals surface area (Å²) in [6.07, 6.45) is 1.20. The topological polar surface area (TPSA) is 79.0 Å². The molecular weight excluding hydrogens is 511 g/mol. The van der Waals surface area contributed by atoms with Crippen LogP contribution < -0.4 is 10.6 Å². The molecule has 0 amide bonds. The van der Waals surface area contributed by atoms with Gasteiger partial charge in [-0.1, -0.05) is 23.7 Å². The number of hydrogen-bond donors (Lipinski definition) is 1. The third-order valence-corrected chi connectivity index (χ3v) is 5.95. The van der Waals surface area contributed by atoms with Crippen LogP contribution in [-0.2, 0) is 16.4 Å². The Morgan fingerprint density at radius 1 is 1.04 bits per heavy atom. The maximum absolute atomic E-state index is 11.5. The van der Waals surface area contributed by atoms with E-state index >= 15 is 0 Å². The van der Waals surface area contributed by atoms with Gasteiger partial charge in [0, 0.05) is 43.1 Å². The van der Waals surface area contributed by atoms with Crippen molar-refractivity contribution in [3.8, 4) is 0 Å². The van der Waals surface area contributed by atoms with Gasteiger partial charge in [-0.2, -0.15) is 0 Å². The first kappa shape index (κ1) is 22.8. The van der Waals surface area contributed by atoms with Crippen molar-refractivity contribution >= 4 is 57.1 Å². The second kappa shape index (κ2) is 9.80. The van der Waals surface area contributed by atoms with Gasteiger partial charge in [-0.15, -0.1) is 24.0 Å². The van der Waals surface area contributed by atoms with Gasteiger partial charge in [-0.25, -0.2) is 13.4 Å². The zero-order valence-electron chi connectivity index (χ0n) is 15.6. The number of sulfone groups is 1. The van der Waals surface area contributed by atoms with Gasteiger partial charge in [0.25, 0.3) is 0 Å². The van der Waals surface area contributed by atoms with E-state index in [2.05, 4.69) is 14.8 Å². The zero-order valence-corrected chi connectivity index (χ0v) is 19.5. The van der Waals surface area contributed by atoms with Crippen LogP contribution in [-0.4, -0.2) is 51.7 Å². The van der Waals surface area contributed by atoms with Crippen LogP contribution in [0.1, 0.15) is 5.56 Å². The molecule has 152 valence electrons. The van der Waals surface area contributed by atoms with E-state index < -0.39 is 9.84 Å². The van der Waals surface area contributed by atoms with Crippen LogP contribution in [0.25, 0.3) is 0 Å². The van der Waals surface area contributed by atoms with Crippen molar-refractivity contribution in [1.29, 1.82) is 0 Å². The largest absolute Gasteiger partial charge is 0.370 e. The van der Waals surface area contributed by atoms with E-state index in [0.717, 1.165) is 42.5 Å². The highest BCUT2D eigenvalue weighted by atomic mass is 127. The number of nitrogens with zero attached hydrogens (tertiary/aromatic N) is 3. The Labute approximate surface area is 188 Å². The molecule has 0 aliphatic carbocycles. The van der Waals surface area contributed by atoms with Gasteiger partial charge < -0.3 is 15.5 Å². The summed E-state index contributed by atoms with van der Waals surface area (Å²) in [6.45, 7) is 3.74. The van der Waals surface area contributed by atoms with Crippen molar-refractivity contribution in [3.63, 3.8) is 0 Å². The monoisotopic (exact) mass is 534 g/mol. The predicted octanol–water partition coefficient (Wildman–Crippen LogP) is 3.00. The average molecular weight is 535 g/mol. The minimum atomic E-state index is -3.18. The number of aliphatic imine (C=N–C) groups is 1. The molecule has 0 unspecified atom stereocenters. The van der Waals surface area contributed by atoms with E-state index in [0.29, 0.717) is 17.4 Å². The van der Waals surface area contributed by atoms with Crippen molar-refractivity contribution in [2.75, 3.05) is 37.3 Å². The van der Waals surface area contributed by atoms with Crippen molar-refractivity contribution < 1.29 is 8.42 Å². The molecular formula is C19H24ClIN4O2S. The minimum Gasteiger partial charge on any atom is -0.370 e. The molecule has 1 aliphatic heterocycles. The second-order valence-corrected chi connectivity index (χ2v) is 8.99. The first-order chi connectivity index (χ1) is 12.8. The molecule has 1 heterocycles. The van der Waals surface area contributed by atoms with E-state index in [1.54, 1.807) is 24.3 Å². The van der Waals surface area contributed by atoms with Crippen LogP contribution >= 0.6 is 35.6 Å². The van der Waals surface area contributed by atoms with E-state index in [4.69, 9.17) is 17.3 Å².